The van der Waals surface area contributed by atoms with E-state index in [0.29, 0.717) is 31.5 Å². The number of aliphatic hydroxyl groups excluding tert-OH is 1. The molecule has 2 aromatic rings. The second-order valence-electron chi connectivity index (χ2n) is 5.08. The summed E-state index contributed by atoms with van der Waals surface area (Å²) in [6, 6.07) is 9.22. The van der Waals surface area contributed by atoms with E-state index in [1.165, 1.54) is 11.3 Å². The van der Waals surface area contributed by atoms with Gasteiger partial charge in [0.05, 0.1) is 6.61 Å². The molecule has 23 heavy (non-hydrogen) atoms. The van der Waals surface area contributed by atoms with Crippen LogP contribution < -0.4 is 10.6 Å². The number of hydrogen-bond acceptors (Lipinski definition) is 4. The summed E-state index contributed by atoms with van der Waals surface area (Å²) >= 11 is 1.48. The maximum absolute atomic E-state index is 11.8. The predicted molar refractivity (Wildman–Crippen MR) is 90.1 cm³/mol. The lowest BCUT2D eigenvalue weighted by Crippen LogP contribution is -2.27. The van der Waals surface area contributed by atoms with Gasteiger partial charge in [-0.25, -0.2) is 0 Å². The Morgan fingerprint density at radius 2 is 1.87 bits per heavy atom. The summed E-state index contributed by atoms with van der Waals surface area (Å²) in [6.07, 6.45) is 0.939. The Hall–Kier alpha value is -2.18. The quantitative estimate of drug-likeness (QED) is 0.648. The summed E-state index contributed by atoms with van der Waals surface area (Å²) in [5.41, 5.74) is 2.38. The number of benzene rings is 1. The van der Waals surface area contributed by atoms with Crippen LogP contribution in [0.2, 0.25) is 0 Å². The molecule has 0 saturated heterocycles. The fraction of sp³-hybridized carbons (Fsp3) is 0.294. The molecule has 2 rings (SSSR count). The van der Waals surface area contributed by atoms with E-state index >= 15 is 0 Å². The molecule has 3 N–H and O–H groups in total. The Labute approximate surface area is 139 Å². The Kier molecular flexibility index (Phi) is 6.77. The lowest BCUT2D eigenvalue weighted by molar-refractivity contribution is -0.121. The Morgan fingerprint density at radius 1 is 1.09 bits per heavy atom. The normalized spacial score (nSPS) is 10.3. The summed E-state index contributed by atoms with van der Waals surface area (Å²) in [5.74, 6) is -0.175. The standard InChI is InChI=1S/C17H20N2O3S/c20-11-14-5-2-1-4-13(14)10-19-16(21)6-3-8-18-17(22)15-7-9-23-12-15/h1-2,4-5,7,9,12,20H,3,6,8,10-11H2,(H,18,22)(H,19,21). The molecule has 0 aliphatic carbocycles. The average molecular weight is 332 g/mol. The summed E-state index contributed by atoms with van der Waals surface area (Å²) in [7, 11) is 0. The fourth-order valence-corrected chi connectivity index (χ4v) is 2.75. The minimum atomic E-state index is -0.108. The summed E-state index contributed by atoms with van der Waals surface area (Å²) < 4.78 is 0. The number of thiophene rings is 1. The van der Waals surface area contributed by atoms with Crippen molar-refractivity contribution in [2.24, 2.45) is 0 Å². The van der Waals surface area contributed by atoms with Gasteiger partial charge in [0.2, 0.25) is 5.91 Å². The van der Waals surface area contributed by atoms with Crippen molar-refractivity contribution in [3.63, 3.8) is 0 Å². The zero-order chi connectivity index (χ0) is 16.5. The largest absolute Gasteiger partial charge is 0.392 e. The van der Waals surface area contributed by atoms with Gasteiger partial charge in [-0.1, -0.05) is 24.3 Å². The third-order valence-electron chi connectivity index (χ3n) is 3.41. The molecule has 1 aromatic carbocycles. The molecule has 0 aliphatic rings. The summed E-state index contributed by atoms with van der Waals surface area (Å²) in [6.45, 7) is 0.826. The van der Waals surface area contributed by atoms with Crippen molar-refractivity contribution in [1.29, 1.82) is 0 Å². The van der Waals surface area contributed by atoms with Gasteiger partial charge in [-0.15, -0.1) is 0 Å². The van der Waals surface area contributed by atoms with Crippen LogP contribution in [-0.4, -0.2) is 23.5 Å². The third kappa shape index (κ3) is 5.50. The highest BCUT2D eigenvalue weighted by atomic mass is 32.1. The molecule has 0 saturated carbocycles. The Bertz CT molecular complexity index is 641. The van der Waals surface area contributed by atoms with E-state index in [1.807, 2.05) is 29.6 Å². The topological polar surface area (TPSA) is 78.4 Å². The molecule has 5 nitrogen and oxygen atoms in total. The smallest absolute Gasteiger partial charge is 0.252 e. The van der Waals surface area contributed by atoms with Gasteiger partial charge in [0.25, 0.3) is 5.91 Å². The Balaban J connectivity index is 1.64. The molecular formula is C17H20N2O3S. The van der Waals surface area contributed by atoms with E-state index < -0.39 is 0 Å². The molecule has 122 valence electrons. The van der Waals surface area contributed by atoms with Crippen LogP contribution in [0.3, 0.4) is 0 Å². The van der Waals surface area contributed by atoms with Gasteiger partial charge >= 0.3 is 0 Å². The van der Waals surface area contributed by atoms with Gasteiger partial charge in [0.15, 0.2) is 0 Å². The number of carbonyl (C=O) groups is 2. The molecular weight excluding hydrogens is 312 g/mol. The SMILES string of the molecule is O=C(CCCNC(=O)c1ccsc1)NCc1ccccc1CO. The first kappa shape index (κ1) is 17.2. The van der Waals surface area contributed by atoms with Crippen molar-refractivity contribution in [2.75, 3.05) is 6.54 Å². The number of aliphatic hydroxyl groups is 1. The van der Waals surface area contributed by atoms with Crippen LogP contribution in [0.4, 0.5) is 0 Å². The molecule has 0 radical (unpaired) electrons. The molecule has 2 amide bonds. The monoisotopic (exact) mass is 332 g/mol. The van der Waals surface area contributed by atoms with Crippen LogP contribution in [0.5, 0.6) is 0 Å². The molecule has 0 atom stereocenters. The Morgan fingerprint density at radius 3 is 2.57 bits per heavy atom. The number of nitrogens with one attached hydrogen (secondary N) is 2. The number of carbonyl (C=O) groups excluding carboxylic acids is 2. The summed E-state index contributed by atoms with van der Waals surface area (Å²) in [5, 5.41) is 18.5. The van der Waals surface area contributed by atoms with E-state index in [0.717, 1.165) is 11.1 Å². The van der Waals surface area contributed by atoms with Gasteiger partial charge in [-0.05, 0) is 29.0 Å². The zero-order valence-electron chi connectivity index (χ0n) is 12.7. The lowest BCUT2D eigenvalue weighted by Gasteiger charge is -2.09. The molecule has 0 unspecified atom stereocenters. The summed E-state index contributed by atoms with van der Waals surface area (Å²) in [4.78, 5) is 23.5. The maximum Gasteiger partial charge on any atom is 0.252 e. The molecule has 6 heteroatoms. The minimum absolute atomic E-state index is 0.0410. The van der Waals surface area contributed by atoms with Gasteiger partial charge in [-0.3, -0.25) is 9.59 Å². The van der Waals surface area contributed by atoms with Crippen LogP contribution in [-0.2, 0) is 17.9 Å². The maximum atomic E-state index is 11.8. The van der Waals surface area contributed by atoms with E-state index in [2.05, 4.69) is 10.6 Å². The van der Waals surface area contributed by atoms with Crippen LogP contribution in [0.1, 0.15) is 34.3 Å². The van der Waals surface area contributed by atoms with Gasteiger partial charge in [-0.2, -0.15) is 11.3 Å². The molecule has 0 fully saturated rings. The van der Waals surface area contributed by atoms with Gasteiger partial charge in [0, 0.05) is 30.5 Å². The van der Waals surface area contributed by atoms with Crippen molar-refractivity contribution in [1.82, 2.24) is 10.6 Å². The molecule has 0 bridgehead atoms. The van der Waals surface area contributed by atoms with Crippen LogP contribution >= 0.6 is 11.3 Å². The van der Waals surface area contributed by atoms with Crippen molar-refractivity contribution in [2.45, 2.75) is 26.0 Å². The molecule has 1 heterocycles. The number of amides is 2. The molecule has 0 aliphatic heterocycles. The number of rotatable bonds is 8. The van der Waals surface area contributed by atoms with Crippen molar-refractivity contribution in [3.05, 3.63) is 57.8 Å². The molecule has 1 aromatic heterocycles. The first-order chi connectivity index (χ1) is 11.2. The highest BCUT2D eigenvalue weighted by molar-refractivity contribution is 7.08. The van der Waals surface area contributed by atoms with Crippen LogP contribution in [0.25, 0.3) is 0 Å². The van der Waals surface area contributed by atoms with Crippen LogP contribution in [0.15, 0.2) is 41.1 Å². The minimum Gasteiger partial charge on any atom is -0.392 e. The second kappa shape index (κ2) is 9.07. The van der Waals surface area contributed by atoms with Crippen molar-refractivity contribution >= 4 is 23.2 Å². The van der Waals surface area contributed by atoms with E-state index in [-0.39, 0.29) is 18.4 Å². The van der Waals surface area contributed by atoms with E-state index in [9.17, 15) is 14.7 Å². The van der Waals surface area contributed by atoms with Gasteiger partial charge < -0.3 is 15.7 Å². The average Bonchev–Trinajstić information content (AvgIpc) is 3.11. The molecule has 0 spiro atoms. The van der Waals surface area contributed by atoms with Crippen molar-refractivity contribution in [3.8, 4) is 0 Å². The fourth-order valence-electron chi connectivity index (χ4n) is 2.11. The highest BCUT2D eigenvalue weighted by Crippen LogP contribution is 2.08. The first-order valence-corrected chi connectivity index (χ1v) is 8.39. The predicted octanol–water partition coefficient (Wildman–Crippen LogP) is 2.07. The number of hydrogen-bond donors (Lipinski definition) is 3. The zero-order valence-corrected chi connectivity index (χ0v) is 13.6. The second-order valence-corrected chi connectivity index (χ2v) is 5.86. The third-order valence-corrected chi connectivity index (χ3v) is 4.10. The van der Waals surface area contributed by atoms with E-state index in [4.69, 9.17) is 0 Å². The highest BCUT2D eigenvalue weighted by Gasteiger charge is 2.06. The van der Waals surface area contributed by atoms with Crippen LogP contribution in [0, 0.1) is 0 Å². The van der Waals surface area contributed by atoms with E-state index in [1.54, 1.807) is 11.4 Å². The lowest BCUT2D eigenvalue weighted by atomic mass is 10.1. The first-order valence-electron chi connectivity index (χ1n) is 7.45. The van der Waals surface area contributed by atoms with Gasteiger partial charge in [0.1, 0.15) is 0 Å². The van der Waals surface area contributed by atoms with Crippen molar-refractivity contribution < 1.29 is 14.7 Å².